The van der Waals surface area contributed by atoms with Crippen molar-refractivity contribution < 1.29 is 15.3 Å². The van der Waals surface area contributed by atoms with Gasteiger partial charge < -0.3 is 20.6 Å². The molecule has 0 bridgehead atoms. The molecular weight excluding hydrogens is 218 g/mol. The largest absolute Gasteiger partial charge is 0.394 e. The van der Waals surface area contributed by atoms with E-state index in [2.05, 4.69) is 11.9 Å². The van der Waals surface area contributed by atoms with Crippen molar-refractivity contribution in [1.82, 2.24) is 5.32 Å². The summed E-state index contributed by atoms with van der Waals surface area (Å²) in [6, 6.07) is 7.73. The Morgan fingerprint density at radius 2 is 1.82 bits per heavy atom. The molecule has 17 heavy (non-hydrogen) atoms. The minimum atomic E-state index is -1.04. The highest BCUT2D eigenvalue weighted by Crippen LogP contribution is 2.09. The van der Waals surface area contributed by atoms with E-state index in [1.807, 2.05) is 24.3 Å². The maximum atomic E-state index is 9.16. The predicted octanol–water partition coefficient (Wildman–Crippen LogP) is 0.135. The Balaban J connectivity index is 2.68. The maximum Gasteiger partial charge on any atom is 0.0884 e. The molecule has 0 radical (unpaired) electrons. The van der Waals surface area contributed by atoms with Gasteiger partial charge in [-0.05, 0) is 11.1 Å². The van der Waals surface area contributed by atoms with Crippen LogP contribution in [0.4, 0.5) is 0 Å². The van der Waals surface area contributed by atoms with E-state index in [9.17, 15) is 0 Å². The fourth-order valence-electron chi connectivity index (χ4n) is 1.44. The summed E-state index contributed by atoms with van der Waals surface area (Å²) in [5, 5.41) is 30.4. The van der Waals surface area contributed by atoms with Gasteiger partial charge in [0.25, 0.3) is 0 Å². The fourth-order valence-corrected chi connectivity index (χ4v) is 1.44. The van der Waals surface area contributed by atoms with Crippen LogP contribution in [-0.2, 0) is 6.54 Å². The summed E-state index contributed by atoms with van der Waals surface area (Å²) in [5.74, 6) is 0. The number of hydrogen-bond acceptors (Lipinski definition) is 4. The van der Waals surface area contributed by atoms with Crippen LogP contribution in [0.1, 0.15) is 11.1 Å². The van der Waals surface area contributed by atoms with Gasteiger partial charge in [-0.1, -0.05) is 36.9 Å². The molecule has 0 spiro atoms. The van der Waals surface area contributed by atoms with E-state index >= 15 is 0 Å². The first-order valence-electron chi connectivity index (χ1n) is 5.48. The van der Waals surface area contributed by atoms with Gasteiger partial charge in [-0.25, -0.2) is 0 Å². The topological polar surface area (TPSA) is 72.7 Å². The highest BCUT2D eigenvalue weighted by atomic mass is 16.3. The van der Waals surface area contributed by atoms with Crippen LogP contribution in [0.25, 0.3) is 6.08 Å². The number of aliphatic hydroxyl groups excluding tert-OH is 3. The van der Waals surface area contributed by atoms with E-state index in [4.69, 9.17) is 15.3 Å². The summed E-state index contributed by atoms with van der Waals surface area (Å²) in [7, 11) is 0. The van der Waals surface area contributed by atoms with Crippen molar-refractivity contribution in [3.05, 3.63) is 42.0 Å². The molecule has 4 heteroatoms. The van der Waals surface area contributed by atoms with E-state index in [-0.39, 0.29) is 19.8 Å². The zero-order valence-corrected chi connectivity index (χ0v) is 9.76. The molecule has 0 amide bonds. The Labute approximate surface area is 101 Å². The van der Waals surface area contributed by atoms with Crippen molar-refractivity contribution in [1.29, 1.82) is 0 Å². The van der Waals surface area contributed by atoms with Gasteiger partial charge in [0.2, 0.25) is 0 Å². The third-order valence-corrected chi connectivity index (χ3v) is 2.76. The molecule has 0 fully saturated rings. The fraction of sp³-hybridized carbons (Fsp3) is 0.385. The molecular formula is C13H19NO3. The summed E-state index contributed by atoms with van der Waals surface area (Å²) in [6.45, 7) is 3.20. The van der Waals surface area contributed by atoms with Crippen molar-refractivity contribution in [2.75, 3.05) is 19.8 Å². The molecule has 0 unspecified atom stereocenters. The average Bonchev–Trinajstić information content (AvgIpc) is 2.41. The minimum Gasteiger partial charge on any atom is -0.394 e. The van der Waals surface area contributed by atoms with Crippen LogP contribution in [0.2, 0.25) is 0 Å². The van der Waals surface area contributed by atoms with Gasteiger partial charge in [0.15, 0.2) is 0 Å². The lowest BCUT2D eigenvalue weighted by molar-refractivity contribution is 0.0414. The van der Waals surface area contributed by atoms with Crippen LogP contribution in [-0.4, -0.2) is 40.7 Å². The quantitative estimate of drug-likeness (QED) is 0.544. The van der Waals surface area contributed by atoms with E-state index in [1.54, 1.807) is 6.08 Å². The van der Waals surface area contributed by atoms with E-state index in [0.717, 1.165) is 11.1 Å². The van der Waals surface area contributed by atoms with Crippen LogP contribution in [0, 0.1) is 0 Å². The second-order valence-corrected chi connectivity index (χ2v) is 4.06. The predicted molar refractivity (Wildman–Crippen MR) is 67.4 cm³/mol. The number of nitrogens with one attached hydrogen (secondary N) is 1. The molecule has 0 atom stereocenters. The Morgan fingerprint density at radius 1 is 1.18 bits per heavy atom. The zero-order chi connectivity index (χ0) is 12.7. The Morgan fingerprint density at radius 3 is 2.35 bits per heavy atom. The SMILES string of the molecule is C=Cc1cccc(CNC(CO)(CO)CO)c1. The molecule has 1 aromatic carbocycles. The van der Waals surface area contributed by atoms with Gasteiger partial charge >= 0.3 is 0 Å². The highest BCUT2D eigenvalue weighted by molar-refractivity contribution is 5.47. The van der Waals surface area contributed by atoms with Crippen molar-refractivity contribution in [3.8, 4) is 0 Å². The van der Waals surface area contributed by atoms with Gasteiger partial charge in [-0.15, -0.1) is 0 Å². The third-order valence-electron chi connectivity index (χ3n) is 2.76. The summed E-state index contributed by atoms with van der Waals surface area (Å²) in [4.78, 5) is 0. The third kappa shape index (κ3) is 3.64. The van der Waals surface area contributed by atoms with Gasteiger partial charge in [-0.2, -0.15) is 0 Å². The zero-order valence-electron chi connectivity index (χ0n) is 9.76. The van der Waals surface area contributed by atoms with E-state index in [0.29, 0.717) is 6.54 Å². The lowest BCUT2D eigenvalue weighted by Crippen LogP contribution is -2.54. The highest BCUT2D eigenvalue weighted by Gasteiger charge is 2.26. The number of hydrogen-bond donors (Lipinski definition) is 4. The Bertz CT molecular complexity index is 353. The lowest BCUT2D eigenvalue weighted by Gasteiger charge is -2.28. The van der Waals surface area contributed by atoms with Crippen molar-refractivity contribution in [2.45, 2.75) is 12.1 Å². The molecule has 0 heterocycles. The van der Waals surface area contributed by atoms with Crippen LogP contribution in [0.5, 0.6) is 0 Å². The molecule has 0 aliphatic rings. The molecule has 4 N–H and O–H groups in total. The standard InChI is InChI=1S/C13H19NO3/c1-2-11-4-3-5-12(6-11)7-14-13(8-15,9-16)10-17/h2-6,14-17H,1,7-10H2. The molecule has 94 valence electrons. The maximum absolute atomic E-state index is 9.16. The van der Waals surface area contributed by atoms with Crippen molar-refractivity contribution in [2.24, 2.45) is 0 Å². The van der Waals surface area contributed by atoms with Crippen LogP contribution >= 0.6 is 0 Å². The number of rotatable bonds is 7. The molecule has 0 aliphatic heterocycles. The molecule has 0 aromatic heterocycles. The van der Waals surface area contributed by atoms with Gasteiger partial charge in [-0.3, -0.25) is 0 Å². The second-order valence-electron chi connectivity index (χ2n) is 4.06. The van der Waals surface area contributed by atoms with Crippen LogP contribution in [0.3, 0.4) is 0 Å². The summed E-state index contributed by atoms with van der Waals surface area (Å²) >= 11 is 0. The monoisotopic (exact) mass is 237 g/mol. The first kappa shape index (κ1) is 13.9. The number of aliphatic hydroxyl groups is 3. The van der Waals surface area contributed by atoms with Crippen molar-refractivity contribution >= 4 is 6.08 Å². The normalized spacial score (nSPS) is 11.5. The summed E-state index contributed by atoms with van der Waals surface area (Å²) in [5.41, 5.74) is 0.971. The van der Waals surface area contributed by atoms with Gasteiger partial charge in [0.05, 0.1) is 25.4 Å². The molecule has 0 aliphatic carbocycles. The van der Waals surface area contributed by atoms with Crippen LogP contribution in [0.15, 0.2) is 30.8 Å². The smallest absolute Gasteiger partial charge is 0.0884 e. The average molecular weight is 237 g/mol. The molecule has 1 rings (SSSR count). The molecule has 1 aromatic rings. The molecule has 0 saturated carbocycles. The van der Waals surface area contributed by atoms with E-state index < -0.39 is 5.54 Å². The summed E-state index contributed by atoms with van der Waals surface area (Å²) < 4.78 is 0. The first-order chi connectivity index (χ1) is 8.19. The lowest BCUT2D eigenvalue weighted by atomic mass is 10.0. The Hall–Kier alpha value is -1.20. The first-order valence-corrected chi connectivity index (χ1v) is 5.48. The summed E-state index contributed by atoms with van der Waals surface area (Å²) in [6.07, 6.45) is 1.75. The van der Waals surface area contributed by atoms with E-state index in [1.165, 1.54) is 0 Å². The number of benzene rings is 1. The second kappa shape index (κ2) is 6.51. The Kier molecular flexibility index (Phi) is 5.31. The minimum absolute atomic E-state index is 0.318. The molecule has 4 nitrogen and oxygen atoms in total. The molecule has 0 saturated heterocycles. The van der Waals surface area contributed by atoms with Gasteiger partial charge in [0.1, 0.15) is 0 Å². The van der Waals surface area contributed by atoms with Gasteiger partial charge in [0, 0.05) is 6.54 Å². The van der Waals surface area contributed by atoms with Crippen molar-refractivity contribution in [3.63, 3.8) is 0 Å². The van der Waals surface area contributed by atoms with Crippen LogP contribution < -0.4 is 5.32 Å².